The van der Waals surface area contributed by atoms with Crippen molar-refractivity contribution in [2.45, 2.75) is 18.4 Å². The van der Waals surface area contributed by atoms with E-state index in [1.165, 1.54) is 11.8 Å². The first kappa shape index (κ1) is 19.9. The summed E-state index contributed by atoms with van der Waals surface area (Å²) in [5.41, 5.74) is 2.73. The van der Waals surface area contributed by atoms with Crippen LogP contribution in [0.2, 0.25) is 5.02 Å². The Morgan fingerprint density at radius 3 is 2.72 bits per heavy atom. The monoisotopic (exact) mass is 430 g/mol. The van der Waals surface area contributed by atoms with E-state index in [0.717, 1.165) is 10.5 Å². The number of halogens is 1. The highest BCUT2D eigenvalue weighted by Gasteiger charge is 2.19. The summed E-state index contributed by atoms with van der Waals surface area (Å²) < 4.78 is 12.1. The lowest BCUT2D eigenvalue weighted by atomic mass is 10.1. The van der Waals surface area contributed by atoms with Crippen molar-refractivity contribution in [3.8, 4) is 0 Å². The number of fused-ring (bicyclic) bond motifs is 2. The van der Waals surface area contributed by atoms with E-state index in [1.54, 1.807) is 35.8 Å². The van der Waals surface area contributed by atoms with Crippen LogP contribution in [0.25, 0.3) is 28.0 Å². The van der Waals surface area contributed by atoms with Crippen LogP contribution in [0.1, 0.15) is 12.6 Å². The number of rotatable bonds is 5. The first-order valence-corrected chi connectivity index (χ1v) is 10.8. The highest BCUT2D eigenvalue weighted by molar-refractivity contribution is 7.99. The number of carbonyl (C=O) groups is 1. The summed E-state index contributed by atoms with van der Waals surface area (Å²) in [6.07, 6.45) is 3.83. The van der Waals surface area contributed by atoms with E-state index >= 15 is 0 Å². The van der Waals surface area contributed by atoms with E-state index in [2.05, 4.69) is 0 Å². The molecule has 0 amide bonds. The van der Waals surface area contributed by atoms with Crippen molar-refractivity contribution >= 4 is 57.3 Å². The number of carbonyl (C=O) groups excluding carboxylic acids is 1. The molecule has 2 aromatic heterocycles. The van der Waals surface area contributed by atoms with Gasteiger partial charge in [0.2, 0.25) is 0 Å². The third kappa shape index (κ3) is 3.66. The minimum absolute atomic E-state index is 0.0643. The van der Waals surface area contributed by atoms with Crippen LogP contribution in [0.4, 0.5) is 0 Å². The van der Waals surface area contributed by atoms with E-state index in [9.17, 15) is 9.59 Å². The van der Waals surface area contributed by atoms with Gasteiger partial charge in [-0.15, -0.1) is 11.8 Å². The third-order valence-electron chi connectivity index (χ3n) is 4.72. The van der Waals surface area contributed by atoms with Gasteiger partial charge in [-0.2, -0.15) is 0 Å². The van der Waals surface area contributed by atoms with Gasteiger partial charge in [-0.3, -0.25) is 9.59 Å². The summed E-state index contributed by atoms with van der Waals surface area (Å²) in [6, 6.07) is 6.97. The zero-order valence-electron chi connectivity index (χ0n) is 16.0. The zero-order chi connectivity index (χ0) is 20.5. The lowest BCUT2D eigenvalue weighted by Gasteiger charge is -2.18. The van der Waals surface area contributed by atoms with Gasteiger partial charge < -0.3 is 14.0 Å². The zero-order valence-corrected chi connectivity index (χ0v) is 17.6. The molecule has 0 bridgehead atoms. The normalized spacial score (nSPS) is 13.6. The number of ether oxygens (including phenoxy) is 2. The Morgan fingerprint density at radius 2 is 2.07 bits per heavy atom. The molecule has 0 aliphatic carbocycles. The van der Waals surface area contributed by atoms with Gasteiger partial charge in [0.05, 0.1) is 46.3 Å². The van der Waals surface area contributed by atoms with Gasteiger partial charge in [-0.1, -0.05) is 11.6 Å². The molecule has 29 heavy (non-hydrogen) atoms. The molecule has 1 fully saturated rings. The van der Waals surface area contributed by atoms with Crippen molar-refractivity contribution in [2.24, 2.45) is 0 Å². The molecule has 6 nitrogen and oxygen atoms in total. The van der Waals surface area contributed by atoms with Gasteiger partial charge in [0.15, 0.2) is 5.43 Å². The van der Waals surface area contributed by atoms with Crippen LogP contribution >= 0.6 is 23.4 Å². The Labute approximate surface area is 176 Å². The van der Waals surface area contributed by atoms with Crippen LogP contribution in [0.3, 0.4) is 0 Å². The minimum Gasteiger partial charge on any atom is -0.465 e. The molecular formula is C21H19ClN2O4S. The molecule has 1 saturated heterocycles. The highest BCUT2D eigenvalue weighted by Crippen LogP contribution is 2.34. The van der Waals surface area contributed by atoms with Crippen molar-refractivity contribution in [1.29, 1.82) is 0 Å². The molecule has 8 heteroatoms. The number of nitrogens with zero attached hydrogens (tertiary/aromatic N) is 2. The van der Waals surface area contributed by atoms with Gasteiger partial charge in [0.25, 0.3) is 0 Å². The third-order valence-corrected chi connectivity index (χ3v) is 5.97. The van der Waals surface area contributed by atoms with Crippen LogP contribution in [0.5, 0.6) is 0 Å². The number of hydrogen-bond donors (Lipinski definition) is 0. The molecule has 4 rings (SSSR count). The molecule has 1 aromatic carbocycles. The second kappa shape index (κ2) is 8.18. The Bertz CT molecular complexity index is 1210. The quantitative estimate of drug-likeness (QED) is 0.347. The molecule has 0 atom stereocenters. The van der Waals surface area contributed by atoms with E-state index in [4.69, 9.17) is 26.1 Å². The van der Waals surface area contributed by atoms with Crippen LogP contribution in [-0.2, 0) is 20.8 Å². The maximum Gasteiger partial charge on any atom is 0.326 e. The van der Waals surface area contributed by atoms with Crippen LogP contribution < -0.4 is 5.43 Å². The standard InChI is InChI=1S/C21H19ClN2O4S/c1-3-28-17(25)9-24-18-14(6-7-16(22)20(18)29-2)19(26)15-5-4-13(23-21(15)24)8-12-10-27-11-12/h4-8H,3,9-11H2,1-2H3. The first-order valence-electron chi connectivity index (χ1n) is 9.16. The molecule has 0 N–H and O–H groups in total. The van der Waals surface area contributed by atoms with Gasteiger partial charge >= 0.3 is 5.97 Å². The van der Waals surface area contributed by atoms with Gasteiger partial charge in [0.1, 0.15) is 12.2 Å². The highest BCUT2D eigenvalue weighted by atomic mass is 35.5. The van der Waals surface area contributed by atoms with Crippen LogP contribution in [0.15, 0.2) is 39.5 Å². The lowest BCUT2D eigenvalue weighted by molar-refractivity contribution is -0.143. The SMILES string of the molecule is CCOC(=O)Cn1c2nc(C=C3COC3)ccc2c(=O)c2ccc(Cl)c(SC)c21. The molecule has 0 saturated carbocycles. The average Bonchev–Trinajstić information content (AvgIpc) is 2.68. The van der Waals surface area contributed by atoms with E-state index in [0.29, 0.717) is 45.9 Å². The number of hydrogen-bond acceptors (Lipinski definition) is 6. The molecule has 1 aliphatic heterocycles. The predicted octanol–water partition coefficient (Wildman–Crippen LogP) is 3.90. The number of thioether (sulfide) groups is 1. The van der Waals surface area contributed by atoms with E-state index < -0.39 is 5.97 Å². The number of benzene rings is 1. The maximum atomic E-state index is 13.2. The molecule has 0 unspecified atom stereocenters. The van der Waals surface area contributed by atoms with E-state index in [-0.39, 0.29) is 18.6 Å². The second-order valence-electron chi connectivity index (χ2n) is 6.60. The molecule has 150 valence electrons. The Morgan fingerprint density at radius 1 is 1.31 bits per heavy atom. The van der Waals surface area contributed by atoms with E-state index in [1.807, 2.05) is 12.3 Å². The van der Waals surface area contributed by atoms with Gasteiger partial charge in [-0.25, -0.2) is 4.98 Å². The fraction of sp³-hybridized carbons (Fsp3) is 0.286. The van der Waals surface area contributed by atoms with Crippen LogP contribution in [0, 0.1) is 0 Å². The summed E-state index contributed by atoms with van der Waals surface area (Å²) in [6.45, 7) is 3.13. The molecule has 3 heterocycles. The number of esters is 1. The smallest absolute Gasteiger partial charge is 0.326 e. The molecular weight excluding hydrogens is 412 g/mol. The summed E-state index contributed by atoms with van der Waals surface area (Å²) in [7, 11) is 0. The van der Waals surface area contributed by atoms with Crippen LogP contribution in [-0.4, -0.2) is 41.6 Å². The lowest BCUT2D eigenvalue weighted by Crippen LogP contribution is -2.20. The molecule has 1 aliphatic rings. The molecule has 0 spiro atoms. The van der Waals surface area contributed by atoms with Crippen molar-refractivity contribution in [3.63, 3.8) is 0 Å². The summed E-state index contributed by atoms with van der Waals surface area (Å²) in [4.78, 5) is 31.0. The Balaban J connectivity index is 2.06. The van der Waals surface area contributed by atoms with Gasteiger partial charge in [0, 0.05) is 5.39 Å². The molecule has 3 aromatic rings. The summed E-state index contributed by atoms with van der Waals surface area (Å²) in [5, 5.41) is 1.46. The predicted molar refractivity (Wildman–Crippen MR) is 116 cm³/mol. The Kier molecular flexibility index (Phi) is 5.63. The number of aromatic nitrogens is 2. The average molecular weight is 431 g/mol. The summed E-state index contributed by atoms with van der Waals surface area (Å²) in [5.74, 6) is -0.399. The minimum atomic E-state index is -0.399. The van der Waals surface area contributed by atoms with Crippen molar-refractivity contribution in [3.05, 3.63) is 50.8 Å². The van der Waals surface area contributed by atoms with Crippen molar-refractivity contribution in [2.75, 3.05) is 26.1 Å². The maximum absolute atomic E-state index is 13.2. The molecule has 0 radical (unpaired) electrons. The van der Waals surface area contributed by atoms with Crippen molar-refractivity contribution < 1.29 is 14.3 Å². The first-order chi connectivity index (χ1) is 14.0. The summed E-state index contributed by atoms with van der Waals surface area (Å²) >= 11 is 7.83. The fourth-order valence-electron chi connectivity index (χ4n) is 3.37. The number of pyridine rings is 2. The Hall–Kier alpha value is -2.35. The van der Waals surface area contributed by atoms with Crippen molar-refractivity contribution in [1.82, 2.24) is 9.55 Å². The second-order valence-corrected chi connectivity index (χ2v) is 7.82. The largest absolute Gasteiger partial charge is 0.465 e. The van der Waals surface area contributed by atoms with Gasteiger partial charge in [-0.05, 0) is 49.1 Å². The topological polar surface area (TPSA) is 70.4 Å². The fourth-order valence-corrected chi connectivity index (χ4v) is 4.43.